The number of fused-ring (bicyclic) bond motifs is 1. The molecule has 0 spiro atoms. The molecule has 2 aromatic rings. The van der Waals surface area contributed by atoms with Crippen LogP contribution in [0.5, 0.6) is 0 Å². The Balaban J connectivity index is 1.92. The van der Waals surface area contributed by atoms with Gasteiger partial charge in [0.05, 0.1) is 6.20 Å². The normalized spacial score (nSPS) is 19.3. The van der Waals surface area contributed by atoms with Gasteiger partial charge in [0.15, 0.2) is 5.76 Å². The molecule has 2 N–H and O–H groups in total. The Labute approximate surface area is 99.8 Å². The van der Waals surface area contributed by atoms with Gasteiger partial charge in [-0.3, -0.25) is 0 Å². The van der Waals surface area contributed by atoms with Crippen molar-refractivity contribution in [2.24, 2.45) is 11.7 Å². The number of hydrogen-bond acceptors (Lipinski definition) is 4. The first-order chi connectivity index (χ1) is 8.26. The molecule has 0 amide bonds. The first kappa shape index (κ1) is 10.6. The minimum Gasteiger partial charge on any atom is -0.456 e. The van der Waals surface area contributed by atoms with Crippen LogP contribution in [-0.2, 0) is 12.8 Å². The van der Waals surface area contributed by atoms with Crippen LogP contribution < -0.4 is 5.73 Å². The maximum Gasteiger partial charge on any atom is 0.262 e. The summed E-state index contributed by atoms with van der Waals surface area (Å²) < 4.78 is 11.3. The van der Waals surface area contributed by atoms with Crippen LogP contribution in [0.1, 0.15) is 23.5 Å². The lowest BCUT2D eigenvalue weighted by molar-refractivity contribution is 0.396. The smallest absolute Gasteiger partial charge is 0.262 e. The molecule has 4 heteroatoms. The van der Waals surface area contributed by atoms with E-state index in [4.69, 9.17) is 14.6 Å². The van der Waals surface area contributed by atoms with Crippen molar-refractivity contribution in [2.75, 3.05) is 6.54 Å². The molecular formula is C13H16N2O2. The van der Waals surface area contributed by atoms with E-state index in [1.165, 1.54) is 5.56 Å². The van der Waals surface area contributed by atoms with E-state index in [-0.39, 0.29) is 0 Å². The molecule has 0 saturated heterocycles. The molecule has 0 radical (unpaired) electrons. The Morgan fingerprint density at radius 2 is 2.35 bits per heavy atom. The second-order valence-electron chi connectivity index (χ2n) is 4.68. The highest BCUT2D eigenvalue weighted by Gasteiger charge is 2.23. The number of furan rings is 1. The Kier molecular flexibility index (Phi) is 2.52. The molecule has 2 heterocycles. The summed E-state index contributed by atoms with van der Waals surface area (Å²) in [6, 6.07) is 2.05. The van der Waals surface area contributed by atoms with Gasteiger partial charge in [-0.25, -0.2) is 4.98 Å². The van der Waals surface area contributed by atoms with Gasteiger partial charge in [0.2, 0.25) is 0 Å². The largest absolute Gasteiger partial charge is 0.456 e. The summed E-state index contributed by atoms with van der Waals surface area (Å²) in [5.41, 5.74) is 6.99. The van der Waals surface area contributed by atoms with Gasteiger partial charge in [0.1, 0.15) is 11.5 Å². The van der Waals surface area contributed by atoms with Crippen molar-refractivity contribution in [2.45, 2.75) is 26.2 Å². The summed E-state index contributed by atoms with van der Waals surface area (Å²) >= 11 is 0. The van der Waals surface area contributed by atoms with Crippen molar-refractivity contribution in [3.63, 3.8) is 0 Å². The summed E-state index contributed by atoms with van der Waals surface area (Å²) in [7, 11) is 0. The fourth-order valence-corrected chi connectivity index (χ4v) is 2.35. The quantitative estimate of drug-likeness (QED) is 0.862. The van der Waals surface area contributed by atoms with Gasteiger partial charge < -0.3 is 14.6 Å². The van der Waals surface area contributed by atoms with Crippen molar-refractivity contribution in [1.82, 2.24) is 4.98 Å². The highest BCUT2D eigenvalue weighted by molar-refractivity contribution is 5.48. The first-order valence-electron chi connectivity index (χ1n) is 6.00. The highest BCUT2D eigenvalue weighted by atomic mass is 16.4. The summed E-state index contributed by atoms with van der Waals surface area (Å²) in [6.45, 7) is 2.61. The molecule has 0 bridgehead atoms. The molecule has 0 aromatic carbocycles. The van der Waals surface area contributed by atoms with Crippen molar-refractivity contribution in [3.05, 3.63) is 29.3 Å². The maximum absolute atomic E-state index is 5.83. The summed E-state index contributed by atoms with van der Waals surface area (Å²) in [4.78, 5) is 4.18. The van der Waals surface area contributed by atoms with E-state index >= 15 is 0 Å². The van der Waals surface area contributed by atoms with Crippen LogP contribution in [-0.4, -0.2) is 11.5 Å². The third kappa shape index (κ3) is 1.89. The van der Waals surface area contributed by atoms with Crippen molar-refractivity contribution >= 4 is 0 Å². The van der Waals surface area contributed by atoms with E-state index in [1.54, 1.807) is 6.20 Å². The molecular weight excluding hydrogens is 216 g/mol. The number of nitrogens with two attached hydrogens (primary N) is 1. The van der Waals surface area contributed by atoms with Gasteiger partial charge in [-0.2, -0.15) is 0 Å². The SMILES string of the molecule is Cc1cnc(-c2cc3c(o2)CC(CN)CC3)o1. The van der Waals surface area contributed by atoms with E-state index in [0.29, 0.717) is 11.8 Å². The van der Waals surface area contributed by atoms with Crippen molar-refractivity contribution in [1.29, 1.82) is 0 Å². The van der Waals surface area contributed by atoms with Gasteiger partial charge in [-0.15, -0.1) is 0 Å². The molecule has 4 nitrogen and oxygen atoms in total. The maximum atomic E-state index is 5.83. The predicted molar refractivity (Wildman–Crippen MR) is 63.5 cm³/mol. The third-order valence-corrected chi connectivity index (χ3v) is 3.36. The van der Waals surface area contributed by atoms with Crippen LogP contribution in [0.3, 0.4) is 0 Å². The summed E-state index contributed by atoms with van der Waals surface area (Å²) in [5.74, 6) is 3.71. The average Bonchev–Trinajstić information content (AvgIpc) is 2.93. The van der Waals surface area contributed by atoms with Crippen LogP contribution in [0, 0.1) is 12.8 Å². The van der Waals surface area contributed by atoms with Crippen LogP contribution in [0.2, 0.25) is 0 Å². The zero-order valence-corrected chi connectivity index (χ0v) is 9.90. The molecule has 90 valence electrons. The lowest BCUT2D eigenvalue weighted by Crippen LogP contribution is -2.21. The fourth-order valence-electron chi connectivity index (χ4n) is 2.35. The van der Waals surface area contributed by atoms with E-state index < -0.39 is 0 Å². The summed E-state index contributed by atoms with van der Waals surface area (Å²) in [5, 5.41) is 0. The first-order valence-corrected chi connectivity index (χ1v) is 6.00. The second kappa shape index (κ2) is 4.04. The van der Waals surface area contributed by atoms with Gasteiger partial charge in [-0.05, 0) is 43.9 Å². The molecule has 0 saturated carbocycles. The fraction of sp³-hybridized carbons (Fsp3) is 0.462. The molecule has 17 heavy (non-hydrogen) atoms. The minimum atomic E-state index is 0.549. The second-order valence-corrected chi connectivity index (χ2v) is 4.68. The number of hydrogen-bond donors (Lipinski definition) is 1. The van der Waals surface area contributed by atoms with Crippen LogP contribution >= 0.6 is 0 Å². The molecule has 1 aliphatic rings. The predicted octanol–water partition coefficient (Wildman–Crippen LogP) is 2.31. The number of nitrogens with zero attached hydrogens (tertiary/aromatic N) is 1. The van der Waals surface area contributed by atoms with E-state index in [0.717, 1.165) is 43.1 Å². The average molecular weight is 232 g/mol. The Hall–Kier alpha value is -1.55. The van der Waals surface area contributed by atoms with E-state index in [1.807, 2.05) is 13.0 Å². The third-order valence-electron chi connectivity index (χ3n) is 3.36. The van der Waals surface area contributed by atoms with E-state index in [2.05, 4.69) is 4.98 Å². The molecule has 1 aliphatic carbocycles. The van der Waals surface area contributed by atoms with E-state index in [9.17, 15) is 0 Å². The van der Waals surface area contributed by atoms with Crippen molar-refractivity contribution < 1.29 is 8.83 Å². The minimum absolute atomic E-state index is 0.549. The number of aryl methyl sites for hydroxylation is 2. The molecule has 2 aromatic heterocycles. The number of aromatic nitrogens is 1. The standard InChI is InChI=1S/C13H16N2O2/c1-8-7-15-13(16-8)12-5-10-3-2-9(6-14)4-11(10)17-12/h5,7,9H,2-4,6,14H2,1H3. The Bertz CT molecular complexity index is 527. The molecule has 3 rings (SSSR count). The monoisotopic (exact) mass is 232 g/mol. The van der Waals surface area contributed by atoms with Gasteiger partial charge in [-0.1, -0.05) is 0 Å². The van der Waals surface area contributed by atoms with Gasteiger partial charge >= 0.3 is 0 Å². The number of rotatable bonds is 2. The van der Waals surface area contributed by atoms with Crippen LogP contribution in [0.4, 0.5) is 0 Å². The van der Waals surface area contributed by atoms with Crippen LogP contribution in [0.25, 0.3) is 11.7 Å². The van der Waals surface area contributed by atoms with Gasteiger partial charge in [0, 0.05) is 6.42 Å². The lowest BCUT2D eigenvalue weighted by atomic mass is 9.88. The summed E-state index contributed by atoms with van der Waals surface area (Å²) in [6.07, 6.45) is 4.83. The Morgan fingerprint density at radius 3 is 3.06 bits per heavy atom. The lowest BCUT2D eigenvalue weighted by Gasteiger charge is -2.18. The highest BCUT2D eigenvalue weighted by Crippen LogP contribution is 2.32. The molecule has 1 atom stereocenters. The van der Waals surface area contributed by atoms with Crippen molar-refractivity contribution in [3.8, 4) is 11.7 Å². The Morgan fingerprint density at radius 1 is 1.47 bits per heavy atom. The topological polar surface area (TPSA) is 65.2 Å². The number of oxazole rings is 1. The zero-order valence-electron chi connectivity index (χ0n) is 9.90. The molecule has 0 aliphatic heterocycles. The van der Waals surface area contributed by atoms with Gasteiger partial charge in [0.25, 0.3) is 5.89 Å². The zero-order chi connectivity index (χ0) is 11.8. The van der Waals surface area contributed by atoms with Crippen LogP contribution in [0.15, 0.2) is 21.1 Å². The molecule has 0 fully saturated rings. The molecule has 1 unspecified atom stereocenters.